The molecule has 38 heavy (non-hydrogen) atoms. The highest BCUT2D eigenvalue weighted by Crippen LogP contribution is 2.26. The second-order valence-electron chi connectivity index (χ2n) is 10.1. The number of ketones is 2. The Hall–Kier alpha value is -3.16. The van der Waals surface area contributed by atoms with Crippen molar-refractivity contribution < 1.29 is 14.4 Å². The number of aromatic nitrogens is 1. The van der Waals surface area contributed by atoms with E-state index < -0.39 is 5.92 Å². The first-order chi connectivity index (χ1) is 18.2. The monoisotopic (exact) mass is 533 g/mol. The molecule has 0 spiro atoms. The highest BCUT2D eigenvalue weighted by molar-refractivity contribution is 7.18. The fourth-order valence-electron chi connectivity index (χ4n) is 4.38. The van der Waals surface area contributed by atoms with Crippen molar-refractivity contribution in [3.05, 3.63) is 76.8 Å². The van der Waals surface area contributed by atoms with Crippen LogP contribution in [0.15, 0.2) is 60.7 Å². The molecule has 2 aromatic carbocycles. The van der Waals surface area contributed by atoms with E-state index in [-0.39, 0.29) is 29.9 Å². The number of amides is 1. The van der Waals surface area contributed by atoms with Crippen LogP contribution in [0, 0.1) is 5.92 Å². The number of fused-ring (bicyclic) bond motifs is 1. The van der Waals surface area contributed by atoms with Crippen LogP contribution in [0.1, 0.15) is 49.2 Å². The van der Waals surface area contributed by atoms with Crippen LogP contribution in [0.4, 0.5) is 0 Å². The average molecular weight is 534 g/mol. The number of allylic oxidation sites excluding steroid dienone is 1. The quantitative estimate of drug-likeness (QED) is 0.272. The van der Waals surface area contributed by atoms with Gasteiger partial charge in [-0.25, -0.2) is 4.98 Å². The Bertz CT molecular complexity index is 1250. The predicted molar refractivity (Wildman–Crippen MR) is 156 cm³/mol. The maximum atomic E-state index is 13.5. The fourth-order valence-corrected chi connectivity index (χ4v) is 5.49. The number of hydrogen-bond donors (Lipinski definition) is 1. The molecule has 6 nitrogen and oxygen atoms in total. The van der Waals surface area contributed by atoms with Gasteiger partial charge in [0.2, 0.25) is 5.91 Å². The van der Waals surface area contributed by atoms with Gasteiger partial charge in [-0.15, -0.1) is 11.3 Å². The maximum absolute atomic E-state index is 13.5. The van der Waals surface area contributed by atoms with Crippen molar-refractivity contribution >= 4 is 39.0 Å². The second kappa shape index (κ2) is 14.7. The molecule has 0 radical (unpaired) electrons. The molecule has 1 N–H and O–H groups in total. The van der Waals surface area contributed by atoms with Gasteiger partial charge in [-0.3, -0.25) is 9.59 Å². The second-order valence-corrected chi connectivity index (χ2v) is 11.3. The van der Waals surface area contributed by atoms with Crippen molar-refractivity contribution in [2.45, 2.75) is 58.4 Å². The van der Waals surface area contributed by atoms with Crippen LogP contribution < -0.4 is 5.32 Å². The number of rotatable bonds is 15. The largest absolute Gasteiger partial charge is 0.353 e. The lowest BCUT2D eigenvalue weighted by molar-refractivity contribution is -0.129. The smallest absolute Gasteiger partial charge is 0.224 e. The summed E-state index contributed by atoms with van der Waals surface area (Å²) in [6, 6.07) is 16.0. The van der Waals surface area contributed by atoms with E-state index in [4.69, 9.17) is 4.98 Å². The summed E-state index contributed by atoms with van der Waals surface area (Å²) in [5.74, 6) is -0.654. The molecule has 2 atom stereocenters. The molecule has 0 aliphatic rings. The Morgan fingerprint density at radius 1 is 1.05 bits per heavy atom. The van der Waals surface area contributed by atoms with Gasteiger partial charge >= 0.3 is 0 Å². The minimum atomic E-state index is -0.507. The zero-order chi connectivity index (χ0) is 27.5. The summed E-state index contributed by atoms with van der Waals surface area (Å²) in [5, 5.41) is 4.03. The Morgan fingerprint density at radius 3 is 2.50 bits per heavy atom. The molecule has 3 rings (SSSR count). The first-order valence-corrected chi connectivity index (χ1v) is 14.1. The van der Waals surface area contributed by atoms with Gasteiger partial charge in [-0.05, 0) is 69.6 Å². The molecule has 0 saturated carbocycles. The molecule has 0 saturated heterocycles. The average Bonchev–Trinajstić information content (AvgIpc) is 3.28. The maximum Gasteiger partial charge on any atom is 0.224 e. The van der Waals surface area contributed by atoms with Crippen molar-refractivity contribution in [2.75, 3.05) is 20.6 Å². The lowest BCUT2D eigenvalue weighted by Crippen LogP contribution is -2.41. The summed E-state index contributed by atoms with van der Waals surface area (Å²) in [6.45, 7) is 4.34. The van der Waals surface area contributed by atoms with Gasteiger partial charge in [0.15, 0.2) is 5.78 Å². The van der Waals surface area contributed by atoms with Crippen LogP contribution in [-0.2, 0) is 33.6 Å². The van der Waals surface area contributed by atoms with Crippen LogP contribution >= 0.6 is 11.3 Å². The van der Waals surface area contributed by atoms with Crippen LogP contribution in [0.25, 0.3) is 10.2 Å². The Kier molecular flexibility index (Phi) is 11.4. The number of nitrogens with zero attached hydrogens (tertiary/aromatic N) is 2. The Morgan fingerprint density at radius 2 is 1.82 bits per heavy atom. The van der Waals surface area contributed by atoms with E-state index in [1.807, 2.05) is 61.5 Å². The van der Waals surface area contributed by atoms with Crippen LogP contribution in [0.5, 0.6) is 0 Å². The minimum absolute atomic E-state index is 0.0275. The molecule has 3 aromatic rings. The summed E-state index contributed by atoms with van der Waals surface area (Å²) in [6.07, 6.45) is 6.50. The summed E-state index contributed by atoms with van der Waals surface area (Å²) >= 11 is 1.59. The molecule has 0 unspecified atom stereocenters. The van der Waals surface area contributed by atoms with Crippen molar-refractivity contribution in [3.63, 3.8) is 0 Å². The molecule has 0 fully saturated rings. The van der Waals surface area contributed by atoms with Crippen LogP contribution in [0.2, 0.25) is 0 Å². The van der Waals surface area contributed by atoms with Crippen molar-refractivity contribution in [3.8, 4) is 0 Å². The zero-order valence-corrected chi connectivity index (χ0v) is 23.7. The van der Waals surface area contributed by atoms with Crippen LogP contribution in [-0.4, -0.2) is 54.0 Å². The molecule has 1 heterocycles. The molecule has 0 aliphatic heterocycles. The first-order valence-electron chi connectivity index (χ1n) is 13.3. The third-order valence-corrected chi connectivity index (χ3v) is 7.46. The molecular weight excluding hydrogens is 494 g/mol. The van der Waals surface area contributed by atoms with Gasteiger partial charge in [0.05, 0.1) is 21.1 Å². The van der Waals surface area contributed by atoms with E-state index in [9.17, 15) is 14.4 Å². The molecule has 202 valence electrons. The lowest BCUT2D eigenvalue weighted by atomic mass is 9.95. The van der Waals surface area contributed by atoms with Gasteiger partial charge in [-0.1, -0.05) is 49.4 Å². The molecule has 7 heteroatoms. The highest BCUT2D eigenvalue weighted by Gasteiger charge is 2.25. The van der Waals surface area contributed by atoms with Crippen molar-refractivity contribution in [1.82, 2.24) is 15.2 Å². The number of hydrogen-bond acceptors (Lipinski definition) is 6. The number of carbonyl (C=O) groups excluding carboxylic acids is 3. The highest BCUT2D eigenvalue weighted by atomic mass is 32.1. The third kappa shape index (κ3) is 9.62. The summed E-state index contributed by atoms with van der Waals surface area (Å²) in [5.41, 5.74) is 3.27. The zero-order valence-electron chi connectivity index (χ0n) is 22.9. The van der Waals surface area contributed by atoms with Gasteiger partial charge < -0.3 is 15.0 Å². The van der Waals surface area contributed by atoms with Gasteiger partial charge in [0.25, 0.3) is 0 Å². The summed E-state index contributed by atoms with van der Waals surface area (Å²) in [7, 11) is 3.91. The Balaban J connectivity index is 1.72. The third-order valence-electron chi connectivity index (χ3n) is 6.42. The van der Waals surface area contributed by atoms with Gasteiger partial charge in [0, 0.05) is 31.8 Å². The molecule has 0 aliphatic carbocycles. The SMILES string of the molecule is CCc1ccc2nc(C[C@H](CC(C)=O)C(=O)N[C@H](CCC(=O)/C=C/CN(C)C)Cc3ccccc3)sc2c1. The van der Waals surface area contributed by atoms with Gasteiger partial charge in [0.1, 0.15) is 5.78 Å². The number of thiazole rings is 1. The fraction of sp³-hybridized carbons (Fsp3) is 0.419. The lowest BCUT2D eigenvalue weighted by Gasteiger charge is -2.22. The van der Waals surface area contributed by atoms with Crippen molar-refractivity contribution in [1.29, 1.82) is 0 Å². The predicted octanol–water partition coefficient (Wildman–Crippen LogP) is 5.19. The molecule has 1 amide bonds. The standard InChI is InChI=1S/C31H39N3O3S/c1-5-23-13-16-28-29(20-23)38-30(33-28)21-25(18-22(2)35)31(37)32-26(19-24-10-7-6-8-11-24)14-15-27(36)12-9-17-34(3)4/h6-13,16,20,25-26H,5,14-15,17-19,21H2,1-4H3,(H,32,37)/b12-9+/t25-,26+/m0/s1. The number of likely N-dealkylation sites (N-methyl/N-ethyl adjacent to an activating group) is 1. The topological polar surface area (TPSA) is 79.4 Å². The summed E-state index contributed by atoms with van der Waals surface area (Å²) < 4.78 is 1.10. The van der Waals surface area contributed by atoms with E-state index >= 15 is 0 Å². The van der Waals surface area contributed by atoms with E-state index in [0.29, 0.717) is 32.2 Å². The van der Waals surface area contributed by atoms with E-state index in [0.717, 1.165) is 27.2 Å². The number of nitrogens with one attached hydrogen (secondary N) is 1. The van der Waals surface area contributed by atoms with E-state index in [2.05, 4.69) is 24.4 Å². The molecule has 0 bridgehead atoms. The normalized spacial score (nSPS) is 13.2. The van der Waals surface area contributed by atoms with Gasteiger partial charge in [-0.2, -0.15) is 0 Å². The van der Waals surface area contributed by atoms with Crippen molar-refractivity contribution in [2.24, 2.45) is 5.92 Å². The van der Waals surface area contributed by atoms with E-state index in [1.54, 1.807) is 17.4 Å². The number of aryl methyl sites for hydroxylation is 1. The van der Waals surface area contributed by atoms with Crippen LogP contribution in [0.3, 0.4) is 0 Å². The number of benzene rings is 2. The molecular formula is C31H39N3O3S. The number of Topliss-reactive ketones (excluding diaryl/α,β-unsaturated/α-hetero) is 1. The minimum Gasteiger partial charge on any atom is -0.353 e. The Labute approximate surface area is 230 Å². The van der Waals surface area contributed by atoms with E-state index in [1.165, 1.54) is 12.5 Å². The molecule has 1 aromatic heterocycles. The summed E-state index contributed by atoms with van der Waals surface area (Å²) in [4.78, 5) is 44.8. The number of carbonyl (C=O) groups is 3. The first kappa shape index (κ1) is 29.4.